The minimum atomic E-state index is -3.75. The summed E-state index contributed by atoms with van der Waals surface area (Å²) in [6.07, 6.45) is -1.87. The van der Waals surface area contributed by atoms with Gasteiger partial charge in [0.2, 0.25) is 5.91 Å². The van der Waals surface area contributed by atoms with Gasteiger partial charge >= 0.3 is 6.09 Å². The second-order valence-electron chi connectivity index (χ2n) is 9.98. The molecule has 5 N–H and O–H groups in total. The smallest absolute Gasteiger partial charge is 0.408 e. The first-order chi connectivity index (χ1) is 19.1. The molecule has 2 amide bonds. The lowest BCUT2D eigenvalue weighted by Crippen LogP contribution is -2.61. The number of nitrogens with zero attached hydrogens (tertiary/aromatic N) is 1. The van der Waals surface area contributed by atoms with E-state index in [1.807, 2.05) is 0 Å². The number of hydrogen-bond donors (Lipinski definition) is 4. The van der Waals surface area contributed by atoms with Crippen LogP contribution < -0.4 is 16.4 Å². The molecule has 0 saturated heterocycles. The van der Waals surface area contributed by atoms with E-state index in [0.29, 0.717) is 16.8 Å². The zero-order valence-corrected chi connectivity index (χ0v) is 22.5. The molecule has 0 aliphatic carbocycles. The van der Waals surface area contributed by atoms with E-state index in [1.54, 1.807) is 98.9 Å². The molecule has 0 bridgehead atoms. The number of amides is 2. The van der Waals surface area contributed by atoms with Gasteiger partial charge in [-0.2, -0.15) is 0 Å². The van der Waals surface area contributed by atoms with Gasteiger partial charge in [-0.15, -0.1) is 0 Å². The number of aliphatic hydroxyl groups is 1. The van der Waals surface area contributed by atoms with Gasteiger partial charge in [0.05, 0.1) is 17.8 Å². The summed E-state index contributed by atoms with van der Waals surface area (Å²) in [5.41, 5.74) is 7.64. The van der Waals surface area contributed by atoms with Gasteiger partial charge in [0.1, 0.15) is 18.8 Å². The molecule has 2 aromatic carbocycles. The molecule has 0 aliphatic rings. The molecular weight excluding hydrogens is 518 g/mol. The number of carbonyl (C=O) groups excluding carboxylic acids is 2. The van der Waals surface area contributed by atoms with Crippen LogP contribution in [0.1, 0.15) is 30.7 Å². The molecule has 4 atom stereocenters. The van der Waals surface area contributed by atoms with E-state index in [1.165, 1.54) is 0 Å². The molecule has 0 radical (unpaired) electrons. The summed E-state index contributed by atoms with van der Waals surface area (Å²) in [6, 6.07) is 18.1. The fraction of sp³-hybridized carbons (Fsp3) is 0.367. The van der Waals surface area contributed by atoms with Crippen LogP contribution in [0.2, 0.25) is 0 Å². The predicted molar refractivity (Wildman–Crippen MR) is 147 cm³/mol. The lowest BCUT2D eigenvalue weighted by Gasteiger charge is -2.35. The Morgan fingerprint density at radius 2 is 1.50 bits per heavy atom. The minimum Gasteiger partial charge on any atom is -0.443 e. The van der Waals surface area contributed by atoms with Gasteiger partial charge in [0, 0.05) is 6.20 Å². The fourth-order valence-corrected chi connectivity index (χ4v) is 4.20. The number of carbonyl (C=O) groups is 2. The topological polar surface area (TPSA) is 127 Å². The van der Waals surface area contributed by atoms with Crippen molar-refractivity contribution in [3.63, 3.8) is 0 Å². The maximum absolute atomic E-state index is 15.5. The molecule has 40 heavy (non-hydrogen) atoms. The first-order valence-corrected chi connectivity index (χ1v) is 13.1. The molecular formula is C30H36F2N4O4. The number of nitrogens with two attached hydrogens (primary N) is 1. The summed E-state index contributed by atoms with van der Waals surface area (Å²) in [6.45, 7) is 3.27. The number of aliphatic hydroxyl groups excluding tert-OH is 1. The predicted octanol–water partition coefficient (Wildman–Crippen LogP) is 3.63. The van der Waals surface area contributed by atoms with Crippen molar-refractivity contribution in [1.29, 1.82) is 0 Å². The first kappa shape index (κ1) is 30.6. The van der Waals surface area contributed by atoms with Crippen LogP contribution in [0.25, 0.3) is 0 Å². The van der Waals surface area contributed by atoms with Crippen molar-refractivity contribution in [2.24, 2.45) is 11.7 Å². The number of halogens is 2. The van der Waals surface area contributed by atoms with Crippen LogP contribution in [-0.2, 0) is 29.0 Å². The van der Waals surface area contributed by atoms with E-state index < -0.39 is 48.1 Å². The van der Waals surface area contributed by atoms with Crippen molar-refractivity contribution in [2.75, 3.05) is 0 Å². The van der Waals surface area contributed by atoms with Crippen molar-refractivity contribution in [2.45, 2.75) is 63.4 Å². The standard InChI is InChI=1S/C30H36F2N4O4/c1-20(2)26(36-29(39)40-19-23-15-9-10-16-34-23)28(38)35-24(17-21-11-5-3-6-12-21)27(37)30(31,32)25(33)18-22-13-7-4-8-14-22/h3-16,20,24-27,37H,17-19,33H2,1-2H3,(H,35,38)(H,36,39)/t24?,25?,26-,27?/m0/s1. The lowest BCUT2D eigenvalue weighted by molar-refractivity contribution is -0.143. The van der Waals surface area contributed by atoms with E-state index in [4.69, 9.17) is 10.5 Å². The van der Waals surface area contributed by atoms with Crippen LogP contribution in [0.4, 0.5) is 13.6 Å². The number of ether oxygens (including phenoxy) is 1. The van der Waals surface area contributed by atoms with E-state index in [2.05, 4.69) is 15.6 Å². The van der Waals surface area contributed by atoms with Crippen LogP contribution in [0, 0.1) is 5.92 Å². The molecule has 0 fully saturated rings. The van der Waals surface area contributed by atoms with E-state index in [0.717, 1.165) is 0 Å². The summed E-state index contributed by atoms with van der Waals surface area (Å²) in [5.74, 6) is -4.90. The molecule has 0 saturated carbocycles. The highest BCUT2D eigenvalue weighted by Gasteiger charge is 2.49. The number of benzene rings is 2. The molecule has 0 spiro atoms. The quantitative estimate of drug-likeness (QED) is 0.256. The van der Waals surface area contributed by atoms with Gasteiger partial charge in [-0.3, -0.25) is 9.78 Å². The Morgan fingerprint density at radius 3 is 2.05 bits per heavy atom. The number of nitrogens with one attached hydrogen (secondary N) is 2. The second-order valence-corrected chi connectivity index (χ2v) is 9.98. The zero-order valence-electron chi connectivity index (χ0n) is 22.5. The highest BCUT2D eigenvalue weighted by atomic mass is 19.3. The first-order valence-electron chi connectivity index (χ1n) is 13.1. The van der Waals surface area contributed by atoms with E-state index in [9.17, 15) is 14.7 Å². The third-order valence-corrected chi connectivity index (χ3v) is 6.49. The van der Waals surface area contributed by atoms with Gasteiger partial charge < -0.3 is 26.2 Å². The Kier molecular flexibility index (Phi) is 11.1. The number of alkyl halides is 2. The number of aromatic nitrogens is 1. The summed E-state index contributed by atoms with van der Waals surface area (Å²) in [5, 5.41) is 16.0. The summed E-state index contributed by atoms with van der Waals surface area (Å²) in [4.78, 5) is 29.8. The van der Waals surface area contributed by atoms with Crippen molar-refractivity contribution < 1.29 is 28.2 Å². The number of alkyl carbamates (subject to hydrolysis) is 1. The third-order valence-electron chi connectivity index (χ3n) is 6.49. The van der Waals surface area contributed by atoms with Crippen LogP contribution in [0.3, 0.4) is 0 Å². The van der Waals surface area contributed by atoms with Gasteiger partial charge in [-0.1, -0.05) is 80.6 Å². The average molecular weight is 555 g/mol. The van der Waals surface area contributed by atoms with Crippen LogP contribution in [-0.4, -0.2) is 52.2 Å². The van der Waals surface area contributed by atoms with Crippen molar-refractivity contribution in [3.05, 3.63) is 102 Å². The van der Waals surface area contributed by atoms with Crippen molar-refractivity contribution in [3.8, 4) is 0 Å². The van der Waals surface area contributed by atoms with Crippen LogP contribution in [0.15, 0.2) is 85.1 Å². The lowest BCUT2D eigenvalue weighted by atomic mass is 9.90. The van der Waals surface area contributed by atoms with E-state index in [-0.39, 0.29) is 19.4 Å². The van der Waals surface area contributed by atoms with E-state index >= 15 is 8.78 Å². The molecule has 8 nitrogen and oxygen atoms in total. The molecule has 1 heterocycles. The van der Waals surface area contributed by atoms with Crippen LogP contribution in [0.5, 0.6) is 0 Å². The van der Waals surface area contributed by atoms with Crippen molar-refractivity contribution in [1.82, 2.24) is 15.6 Å². The second kappa shape index (κ2) is 14.5. The molecule has 0 aliphatic heterocycles. The monoisotopic (exact) mass is 554 g/mol. The van der Waals surface area contributed by atoms with Gasteiger partial charge in [-0.25, -0.2) is 13.6 Å². The number of hydrogen-bond acceptors (Lipinski definition) is 6. The Labute approximate surface area is 233 Å². The fourth-order valence-electron chi connectivity index (χ4n) is 4.20. The summed E-state index contributed by atoms with van der Waals surface area (Å²) in [7, 11) is 0. The third kappa shape index (κ3) is 8.82. The summed E-state index contributed by atoms with van der Waals surface area (Å²) >= 11 is 0. The van der Waals surface area contributed by atoms with Crippen molar-refractivity contribution >= 4 is 12.0 Å². The highest BCUT2D eigenvalue weighted by Crippen LogP contribution is 2.28. The Hall–Kier alpha value is -3.89. The highest BCUT2D eigenvalue weighted by molar-refractivity contribution is 5.86. The largest absolute Gasteiger partial charge is 0.443 e. The average Bonchev–Trinajstić information content (AvgIpc) is 2.95. The molecule has 214 valence electrons. The zero-order chi connectivity index (χ0) is 29.1. The molecule has 3 unspecified atom stereocenters. The Balaban J connectivity index is 1.74. The molecule has 10 heteroatoms. The van der Waals surface area contributed by atoms with Gasteiger partial charge in [-0.05, 0) is 42.0 Å². The number of pyridine rings is 1. The Morgan fingerprint density at radius 1 is 0.925 bits per heavy atom. The van der Waals surface area contributed by atoms with Gasteiger partial charge in [0.25, 0.3) is 5.92 Å². The summed E-state index contributed by atoms with van der Waals surface area (Å²) < 4.78 is 36.2. The normalized spacial score (nSPS) is 14.6. The van der Waals surface area contributed by atoms with Crippen LogP contribution >= 0.6 is 0 Å². The van der Waals surface area contributed by atoms with Gasteiger partial charge in [0.15, 0.2) is 0 Å². The number of rotatable bonds is 13. The minimum absolute atomic E-state index is 0.0870. The maximum atomic E-state index is 15.5. The SMILES string of the molecule is CC(C)[C@H](NC(=O)OCc1ccccn1)C(=O)NC(Cc1ccccc1)C(O)C(F)(F)C(N)Cc1ccccc1. The molecule has 3 rings (SSSR count). The Bertz CT molecular complexity index is 1200. The maximum Gasteiger partial charge on any atom is 0.408 e. The molecule has 3 aromatic rings. The molecule has 1 aromatic heterocycles.